The Hall–Kier alpha value is -7.50. The quantitative estimate of drug-likeness (QED) is 0.194. The molecule has 0 bridgehead atoms. The van der Waals surface area contributed by atoms with Crippen LogP contribution in [0.3, 0.4) is 0 Å². The summed E-state index contributed by atoms with van der Waals surface area (Å²) >= 11 is 0. The maximum absolute atomic E-state index is 5.48. The Balaban J connectivity index is 1.29. The Kier molecular flexibility index (Phi) is 6.63. The minimum Gasteiger partial charge on any atom is -0.344 e. The van der Waals surface area contributed by atoms with Gasteiger partial charge in [0.25, 0.3) is 0 Å². The minimum absolute atomic E-state index is 0.346. The number of aliphatic imine (C=N–C) groups is 2. The number of hydrogen-bond donors (Lipinski definition) is 1. The highest BCUT2D eigenvalue weighted by Gasteiger charge is 2.27. The molecular weight excluding hydrogens is 683 g/mol. The number of fused-ring (bicyclic) bond motifs is 12. The molecule has 1 unspecified atom stereocenters. The van der Waals surface area contributed by atoms with Crippen molar-refractivity contribution in [2.24, 2.45) is 9.98 Å². The number of hydrogen-bond acceptors (Lipinski definition) is 3. The molecule has 262 valence electrons. The van der Waals surface area contributed by atoms with Crippen LogP contribution in [-0.4, -0.2) is 20.9 Å². The second-order valence-electron chi connectivity index (χ2n) is 14.6. The van der Waals surface area contributed by atoms with Crippen molar-refractivity contribution in [3.05, 3.63) is 199 Å². The Morgan fingerprint density at radius 2 is 0.964 bits per heavy atom. The molecule has 56 heavy (non-hydrogen) atoms. The largest absolute Gasteiger partial charge is 0.344 e. The number of benzene rings is 9. The Morgan fingerprint density at radius 1 is 0.429 bits per heavy atom. The fourth-order valence-electron chi connectivity index (χ4n) is 9.01. The summed E-state index contributed by atoms with van der Waals surface area (Å²) in [6.07, 6.45) is -0.346. The highest BCUT2D eigenvalue weighted by molar-refractivity contribution is 6.33. The average molecular weight is 716 g/mol. The second kappa shape index (κ2) is 12.0. The van der Waals surface area contributed by atoms with Crippen LogP contribution in [0.1, 0.15) is 17.3 Å². The predicted molar refractivity (Wildman–Crippen MR) is 234 cm³/mol. The molecule has 0 spiro atoms. The Morgan fingerprint density at radius 3 is 1.64 bits per heavy atom. The monoisotopic (exact) mass is 715 g/mol. The van der Waals surface area contributed by atoms with Crippen molar-refractivity contribution >= 4 is 87.7 Å². The van der Waals surface area contributed by atoms with Crippen LogP contribution < -0.4 is 5.32 Å². The maximum atomic E-state index is 5.48. The molecule has 0 radical (unpaired) electrons. The zero-order chi connectivity index (χ0) is 36.7. The molecule has 11 aromatic rings. The van der Waals surface area contributed by atoms with E-state index in [1.54, 1.807) is 0 Å². The zero-order valence-electron chi connectivity index (χ0n) is 30.3. The topological polar surface area (TPSA) is 46.6 Å². The molecule has 1 atom stereocenters. The first-order valence-electron chi connectivity index (χ1n) is 19.1. The van der Waals surface area contributed by atoms with E-state index in [4.69, 9.17) is 9.98 Å². The third-order valence-corrected chi connectivity index (χ3v) is 11.5. The Bertz CT molecular complexity index is 3440. The summed E-state index contributed by atoms with van der Waals surface area (Å²) < 4.78 is 4.80. The highest BCUT2D eigenvalue weighted by atomic mass is 15.3. The summed E-state index contributed by atoms with van der Waals surface area (Å²) in [5, 5.41) is 15.7. The molecule has 5 heteroatoms. The molecule has 0 aliphatic carbocycles. The molecule has 0 saturated carbocycles. The summed E-state index contributed by atoms with van der Waals surface area (Å²) in [6, 6.07) is 67.4. The Labute approximate surface area is 322 Å². The van der Waals surface area contributed by atoms with Gasteiger partial charge in [-0.05, 0) is 62.1 Å². The molecule has 0 fully saturated rings. The number of amidine groups is 1. The van der Waals surface area contributed by atoms with Crippen LogP contribution in [0.4, 0.5) is 0 Å². The van der Waals surface area contributed by atoms with Crippen molar-refractivity contribution in [2.75, 3.05) is 0 Å². The normalized spacial score (nSPS) is 14.6. The molecule has 0 saturated heterocycles. The maximum Gasteiger partial charge on any atom is 0.234 e. The van der Waals surface area contributed by atoms with Gasteiger partial charge in [0, 0.05) is 32.8 Å². The van der Waals surface area contributed by atoms with E-state index in [1.807, 2.05) is 12.1 Å². The fourth-order valence-corrected chi connectivity index (χ4v) is 9.01. The average Bonchev–Trinajstić information content (AvgIpc) is 3.80. The predicted octanol–water partition coefficient (Wildman–Crippen LogP) is 12.3. The molecule has 3 heterocycles. The first kappa shape index (κ1) is 30.9. The van der Waals surface area contributed by atoms with E-state index < -0.39 is 0 Å². The first-order valence-corrected chi connectivity index (χ1v) is 19.1. The number of aromatic nitrogens is 2. The first-order chi connectivity index (χ1) is 27.8. The second-order valence-corrected chi connectivity index (χ2v) is 14.6. The van der Waals surface area contributed by atoms with E-state index in [1.165, 1.54) is 48.5 Å². The summed E-state index contributed by atoms with van der Waals surface area (Å²) in [5.74, 6) is 1.42. The van der Waals surface area contributed by atoms with Crippen molar-refractivity contribution in [2.45, 2.75) is 6.17 Å². The lowest BCUT2D eigenvalue weighted by molar-refractivity contribution is 0.668. The van der Waals surface area contributed by atoms with Crippen LogP contribution >= 0.6 is 0 Å². The lowest BCUT2D eigenvalue weighted by Crippen LogP contribution is -2.35. The molecule has 5 nitrogen and oxygen atoms in total. The summed E-state index contributed by atoms with van der Waals surface area (Å²) in [5.41, 5.74) is 7.61. The van der Waals surface area contributed by atoms with Gasteiger partial charge in [0.15, 0.2) is 0 Å². The molecule has 12 rings (SSSR count). The molecule has 2 aromatic heterocycles. The van der Waals surface area contributed by atoms with Gasteiger partial charge in [-0.15, -0.1) is 0 Å². The molecule has 0 amide bonds. The summed E-state index contributed by atoms with van der Waals surface area (Å²) in [4.78, 5) is 10.9. The van der Waals surface area contributed by atoms with E-state index in [9.17, 15) is 0 Å². The molecule has 1 N–H and O–H groups in total. The smallest absolute Gasteiger partial charge is 0.234 e. The van der Waals surface area contributed by atoms with Gasteiger partial charge in [0.1, 0.15) is 12.0 Å². The van der Waals surface area contributed by atoms with Crippen molar-refractivity contribution in [1.29, 1.82) is 0 Å². The molecule has 1 aliphatic rings. The zero-order valence-corrected chi connectivity index (χ0v) is 30.3. The number of nitrogens with zero attached hydrogens (tertiary/aromatic N) is 4. The lowest BCUT2D eigenvalue weighted by Gasteiger charge is -2.24. The van der Waals surface area contributed by atoms with Gasteiger partial charge in [-0.1, -0.05) is 164 Å². The van der Waals surface area contributed by atoms with Gasteiger partial charge < -0.3 is 9.88 Å². The van der Waals surface area contributed by atoms with E-state index in [-0.39, 0.29) is 6.17 Å². The highest BCUT2D eigenvalue weighted by Crippen LogP contribution is 2.44. The summed E-state index contributed by atoms with van der Waals surface area (Å²) in [6.45, 7) is 0. The SMILES string of the molecule is c1ccc(C2=NC(n3c4ccc5ccccc5c4c4ccc5c6c7ccccc7ccc6n(-c6ccc7ccccc7c6)c5c43)=NC(c3ccccc3)N2)cc1. The van der Waals surface area contributed by atoms with Crippen LogP contribution in [0.5, 0.6) is 0 Å². The van der Waals surface area contributed by atoms with Crippen LogP contribution in [0.2, 0.25) is 0 Å². The van der Waals surface area contributed by atoms with Crippen molar-refractivity contribution in [3.63, 3.8) is 0 Å². The lowest BCUT2D eigenvalue weighted by atomic mass is 10.0. The van der Waals surface area contributed by atoms with E-state index in [0.29, 0.717) is 5.96 Å². The van der Waals surface area contributed by atoms with Crippen LogP contribution in [0.25, 0.3) is 81.6 Å². The third kappa shape index (κ3) is 4.55. The number of rotatable bonds is 3. The minimum atomic E-state index is -0.346. The van der Waals surface area contributed by atoms with Crippen molar-refractivity contribution in [3.8, 4) is 5.69 Å². The van der Waals surface area contributed by atoms with Crippen LogP contribution in [0.15, 0.2) is 198 Å². The summed E-state index contributed by atoms with van der Waals surface area (Å²) in [7, 11) is 0. The van der Waals surface area contributed by atoms with E-state index in [0.717, 1.165) is 50.1 Å². The van der Waals surface area contributed by atoms with Crippen molar-refractivity contribution < 1.29 is 0 Å². The van der Waals surface area contributed by atoms with Gasteiger partial charge in [0.05, 0.1) is 22.1 Å². The van der Waals surface area contributed by atoms with Crippen LogP contribution in [-0.2, 0) is 0 Å². The number of nitrogens with one attached hydrogen (secondary N) is 1. The van der Waals surface area contributed by atoms with Gasteiger partial charge in [-0.3, -0.25) is 4.57 Å². The standard InChI is InChI=1S/C51H33N5/c1-3-16-35(17-4-1)49-52-50(36-18-5-2-6-19-36)54-51(53-49)56-44-30-25-34-15-10-12-22-40(34)46(44)42-28-27-41-45-39-21-11-9-14-33(39)24-29-43(45)55(47(41)48(42)56)38-26-23-32-13-7-8-20-37(32)31-38/h1-31,49H,(H,52,53,54). The van der Waals surface area contributed by atoms with Gasteiger partial charge in [-0.2, -0.15) is 4.99 Å². The molecular formula is C51H33N5. The fraction of sp³-hybridized carbons (Fsp3) is 0.0196. The molecule has 9 aromatic carbocycles. The van der Waals surface area contributed by atoms with Gasteiger partial charge >= 0.3 is 0 Å². The van der Waals surface area contributed by atoms with E-state index in [2.05, 4.69) is 190 Å². The molecule has 1 aliphatic heterocycles. The van der Waals surface area contributed by atoms with Crippen LogP contribution in [0, 0.1) is 0 Å². The van der Waals surface area contributed by atoms with Gasteiger partial charge in [0.2, 0.25) is 5.96 Å². The van der Waals surface area contributed by atoms with E-state index >= 15 is 0 Å². The van der Waals surface area contributed by atoms with Gasteiger partial charge in [-0.25, -0.2) is 4.99 Å². The van der Waals surface area contributed by atoms with Crippen molar-refractivity contribution in [1.82, 2.24) is 14.5 Å². The third-order valence-electron chi connectivity index (χ3n) is 11.5.